The molecule has 1 N–H and O–H groups in total. The second-order valence-corrected chi connectivity index (χ2v) is 4.51. The molecule has 0 saturated carbocycles. The lowest BCUT2D eigenvalue weighted by Crippen LogP contribution is -2.12. The largest absolute Gasteiger partial charge is 0.388 e. The second kappa shape index (κ2) is 4.43. The average Bonchev–Trinajstić information content (AvgIpc) is 2.91. The highest BCUT2D eigenvalue weighted by Gasteiger charge is 2.26. The first-order valence-corrected chi connectivity index (χ1v) is 5.95. The lowest BCUT2D eigenvalue weighted by molar-refractivity contribution is 0.0929. The maximum absolute atomic E-state index is 10.4. The summed E-state index contributed by atoms with van der Waals surface area (Å²) in [5, 5.41) is 12.6. The van der Waals surface area contributed by atoms with Crippen molar-refractivity contribution < 1.29 is 9.84 Å². The van der Waals surface area contributed by atoms with Crippen LogP contribution in [0.4, 0.5) is 0 Å². The van der Waals surface area contributed by atoms with E-state index >= 15 is 0 Å². The van der Waals surface area contributed by atoms with Crippen molar-refractivity contribution in [2.24, 2.45) is 5.92 Å². The molecule has 1 aliphatic heterocycles. The van der Waals surface area contributed by atoms with E-state index in [2.05, 4.69) is 4.98 Å². The summed E-state index contributed by atoms with van der Waals surface area (Å²) in [5.41, 5.74) is 0.986. The predicted octanol–water partition coefficient (Wildman–Crippen LogP) is 2.30. The third kappa shape index (κ3) is 1.92. The zero-order valence-corrected chi connectivity index (χ0v) is 9.54. The van der Waals surface area contributed by atoms with E-state index in [1.807, 2.05) is 30.5 Å². The minimum Gasteiger partial charge on any atom is -0.388 e. The topological polar surface area (TPSA) is 42.4 Å². The van der Waals surface area contributed by atoms with Gasteiger partial charge in [0.15, 0.2) is 0 Å². The molecule has 0 spiro atoms. The number of ether oxygens (including phenoxy) is 1. The molecule has 0 aliphatic carbocycles. The van der Waals surface area contributed by atoms with E-state index in [9.17, 15) is 5.11 Å². The maximum atomic E-state index is 10.4. The van der Waals surface area contributed by atoms with Gasteiger partial charge < -0.3 is 9.84 Å². The van der Waals surface area contributed by atoms with Gasteiger partial charge >= 0.3 is 0 Å². The minimum absolute atomic E-state index is 0.216. The van der Waals surface area contributed by atoms with Crippen molar-refractivity contribution in [3.05, 3.63) is 42.2 Å². The number of rotatable bonds is 2. The van der Waals surface area contributed by atoms with Gasteiger partial charge in [-0.3, -0.25) is 4.98 Å². The van der Waals surface area contributed by atoms with Crippen LogP contribution in [0.2, 0.25) is 0 Å². The van der Waals surface area contributed by atoms with Gasteiger partial charge in [0.05, 0.1) is 12.7 Å². The first-order chi connectivity index (χ1) is 8.36. The van der Waals surface area contributed by atoms with Crippen molar-refractivity contribution in [1.82, 2.24) is 4.98 Å². The molecule has 0 bridgehead atoms. The molecular formula is C14H15NO2. The van der Waals surface area contributed by atoms with E-state index in [0.717, 1.165) is 29.4 Å². The lowest BCUT2D eigenvalue weighted by Gasteiger charge is -2.18. The number of fused-ring (bicyclic) bond motifs is 1. The summed E-state index contributed by atoms with van der Waals surface area (Å²) in [6.45, 7) is 1.41. The molecule has 1 aromatic carbocycles. The van der Waals surface area contributed by atoms with Crippen molar-refractivity contribution in [2.45, 2.75) is 12.5 Å². The summed E-state index contributed by atoms with van der Waals surface area (Å²) in [5.74, 6) is 0.216. The van der Waals surface area contributed by atoms with Gasteiger partial charge in [-0.05, 0) is 23.4 Å². The lowest BCUT2D eigenvalue weighted by atomic mass is 9.92. The fourth-order valence-corrected chi connectivity index (χ4v) is 2.46. The van der Waals surface area contributed by atoms with Crippen molar-refractivity contribution in [1.29, 1.82) is 0 Å². The molecular weight excluding hydrogens is 214 g/mol. The molecule has 88 valence electrons. The summed E-state index contributed by atoms with van der Waals surface area (Å²) >= 11 is 0. The third-order valence-corrected chi connectivity index (χ3v) is 3.44. The number of pyridine rings is 1. The van der Waals surface area contributed by atoms with Gasteiger partial charge in [-0.15, -0.1) is 0 Å². The molecule has 0 radical (unpaired) electrons. The van der Waals surface area contributed by atoms with Gasteiger partial charge in [0.25, 0.3) is 0 Å². The Balaban J connectivity index is 2.04. The van der Waals surface area contributed by atoms with Gasteiger partial charge in [-0.1, -0.05) is 18.2 Å². The van der Waals surface area contributed by atoms with Crippen molar-refractivity contribution in [3.63, 3.8) is 0 Å². The van der Waals surface area contributed by atoms with Crippen LogP contribution in [0.5, 0.6) is 0 Å². The van der Waals surface area contributed by atoms with Crippen LogP contribution in [-0.2, 0) is 4.74 Å². The quantitative estimate of drug-likeness (QED) is 0.859. The number of aliphatic hydroxyl groups is 1. The third-order valence-electron chi connectivity index (χ3n) is 3.44. The number of hydrogen-bond donors (Lipinski definition) is 1. The molecule has 0 amide bonds. The smallest absolute Gasteiger partial charge is 0.0847 e. The van der Waals surface area contributed by atoms with E-state index in [4.69, 9.17) is 4.74 Å². The van der Waals surface area contributed by atoms with Crippen LogP contribution in [0.15, 0.2) is 36.7 Å². The zero-order valence-electron chi connectivity index (χ0n) is 9.54. The molecule has 1 aromatic heterocycles. The monoisotopic (exact) mass is 229 g/mol. The van der Waals surface area contributed by atoms with Crippen LogP contribution in [0, 0.1) is 5.92 Å². The van der Waals surface area contributed by atoms with E-state index in [-0.39, 0.29) is 5.92 Å². The molecule has 3 rings (SSSR count). The van der Waals surface area contributed by atoms with Gasteiger partial charge in [0.2, 0.25) is 0 Å². The SMILES string of the molecule is OC(c1cccc2cnccc12)C1CCOC1. The second-order valence-electron chi connectivity index (χ2n) is 4.51. The fourth-order valence-electron chi connectivity index (χ4n) is 2.46. The van der Waals surface area contributed by atoms with E-state index in [1.54, 1.807) is 6.20 Å². The van der Waals surface area contributed by atoms with Crippen molar-refractivity contribution in [2.75, 3.05) is 13.2 Å². The Kier molecular flexibility index (Phi) is 2.79. The van der Waals surface area contributed by atoms with Gasteiger partial charge in [0.1, 0.15) is 0 Å². The van der Waals surface area contributed by atoms with Crippen LogP contribution in [0.1, 0.15) is 18.1 Å². The van der Waals surface area contributed by atoms with Crippen LogP contribution < -0.4 is 0 Å². The van der Waals surface area contributed by atoms with Crippen molar-refractivity contribution >= 4 is 10.8 Å². The highest BCUT2D eigenvalue weighted by Crippen LogP contribution is 2.32. The molecule has 17 heavy (non-hydrogen) atoms. The van der Waals surface area contributed by atoms with E-state index in [1.165, 1.54) is 0 Å². The van der Waals surface area contributed by atoms with E-state index in [0.29, 0.717) is 6.61 Å². The Morgan fingerprint density at radius 3 is 3.12 bits per heavy atom. The van der Waals surface area contributed by atoms with Crippen molar-refractivity contribution in [3.8, 4) is 0 Å². The molecule has 3 heteroatoms. The maximum Gasteiger partial charge on any atom is 0.0847 e. The van der Waals surface area contributed by atoms with Gasteiger partial charge in [-0.25, -0.2) is 0 Å². The van der Waals surface area contributed by atoms with Gasteiger partial charge in [0, 0.05) is 30.3 Å². The Hall–Kier alpha value is -1.45. The van der Waals surface area contributed by atoms with Crippen LogP contribution in [0.25, 0.3) is 10.8 Å². The number of nitrogens with zero attached hydrogens (tertiary/aromatic N) is 1. The zero-order chi connectivity index (χ0) is 11.7. The molecule has 2 heterocycles. The Labute approximate surface area is 100 Å². The molecule has 1 fully saturated rings. The van der Waals surface area contributed by atoms with Crippen LogP contribution in [-0.4, -0.2) is 23.3 Å². The molecule has 1 saturated heterocycles. The average molecular weight is 229 g/mol. The van der Waals surface area contributed by atoms with Gasteiger partial charge in [-0.2, -0.15) is 0 Å². The minimum atomic E-state index is -0.441. The Morgan fingerprint density at radius 1 is 1.35 bits per heavy atom. The normalized spacial score (nSPS) is 21.8. The first kappa shape index (κ1) is 10.7. The number of hydrogen-bond acceptors (Lipinski definition) is 3. The summed E-state index contributed by atoms with van der Waals surface area (Å²) < 4.78 is 5.34. The summed E-state index contributed by atoms with van der Waals surface area (Å²) in [4.78, 5) is 4.10. The van der Waals surface area contributed by atoms with E-state index < -0.39 is 6.10 Å². The molecule has 2 unspecified atom stereocenters. The molecule has 1 aliphatic rings. The standard InChI is InChI=1S/C14H15NO2/c16-14(11-5-7-17-9-11)13-3-1-2-10-8-15-6-4-12(10)13/h1-4,6,8,11,14,16H,5,7,9H2. The summed E-state index contributed by atoms with van der Waals surface area (Å²) in [6.07, 6.45) is 4.09. The number of benzene rings is 1. The summed E-state index contributed by atoms with van der Waals surface area (Å²) in [6, 6.07) is 7.94. The highest BCUT2D eigenvalue weighted by molar-refractivity contribution is 5.85. The molecule has 2 aromatic rings. The molecule has 2 atom stereocenters. The van der Waals surface area contributed by atoms with Crippen LogP contribution >= 0.6 is 0 Å². The highest BCUT2D eigenvalue weighted by atomic mass is 16.5. The fraction of sp³-hybridized carbons (Fsp3) is 0.357. The summed E-state index contributed by atoms with van der Waals surface area (Å²) in [7, 11) is 0. The number of aliphatic hydroxyl groups excluding tert-OH is 1. The predicted molar refractivity (Wildman–Crippen MR) is 65.6 cm³/mol. The first-order valence-electron chi connectivity index (χ1n) is 5.95. The number of aromatic nitrogens is 1. The molecule has 3 nitrogen and oxygen atoms in total. The Morgan fingerprint density at radius 2 is 2.29 bits per heavy atom. The van der Waals surface area contributed by atoms with Crippen LogP contribution in [0.3, 0.4) is 0 Å². The Bertz CT molecular complexity index is 515.